The number of carboxylic acids is 2. The average Bonchev–Trinajstić information content (AvgIpc) is 3.35. The van der Waals surface area contributed by atoms with Gasteiger partial charge in [0, 0.05) is 23.6 Å². The molecule has 4 N–H and O–H groups in total. The Morgan fingerprint density at radius 2 is 1.78 bits per heavy atom. The normalized spacial score (nSPS) is 22.4. The summed E-state index contributed by atoms with van der Waals surface area (Å²) in [6, 6.07) is 3.97. The van der Waals surface area contributed by atoms with E-state index in [0.717, 1.165) is 11.1 Å². The van der Waals surface area contributed by atoms with E-state index in [1.807, 2.05) is 40.7 Å². The second-order valence-corrected chi connectivity index (χ2v) is 7.83. The van der Waals surface area contributed by atoms with Gasteiger partial charge < -0.3 is 30.1 Å². The fraction of sp³-hybridized carbons (Fsp3) is 0.333. The van der Waals surface area contributed by atoms with E-state index in [1.165, 1.54) is 4.90 Å². The van der Waals surface area contributed by atoms with E-state index >= 15 is 0 Å². The number of thiophene rings is 2. The number of nitrogens with one attached hydrogen (secondary N) is 1. The first-order chi connectivity index (χ1) is 12.7. The minimum atomic E-state index is -1.51. The van der Waals surface area contributed by atoms with Gasteiger partial charge in [-0.15, -0.1) is 0 Å². The number of rotatable bonds is 5. The van der Waals surface area contributed by atoms with E-state index in [2.05, 4.69) is 0 Å². The molecule has 1 saturated heterocycles. The van der Waals surface area contributed by atoms with Gasteiger partial charge in [0.15, 0.2) is 5.60 Å². The van der Waals surface area contributed by atoms with Crippen LogP contribution in [0.1, 0.15) is 17.5 Å². The number of hydrogen-bond donors (Lipinski definition) is 4. The monoisotopic (exact) mass is 411 g/mol. The van der Waals surface area contributed by atoms with Crippen LogP contribution in [0, 0.1) is 0 Å². The minimum Gasteiger partial charge on any atom is -0.545 e. The molecule has 1 aliphatic heterocycles. The fourth-order valence-electron chi connectivity index (χ4n) is 3.27. The van der Waals surface area contributed by atoms with Crippen LogP contribution >= 0.6 is 22.7 Å². The van der Waals surface area contributed by atoms with Gasteiger partial charge in [-0.05, 0) is 39.7 Å². The summed E-state index contributed by atoms with van der Waals surface area (Å²) >= 11 is 3.19. The Morgan fingerprint density at radius 3 is 2.07 bits per heavy atom. The van der Waals surface area contributed by atoms with Crippen molar-refractivity contribution in [1.29, 1.82) is 0 Å². The SMILES string of the molecule is C[NH+]1CC(O)CC1C(O)(c1ccsc1)c1ccsc1.O=C([O-])/C=C/C(=O)O. The van der Waals surface area contributed by atoms with Crippen LogP contribution in [-0.4, -0.2) is 53.0 Å². The molecular weight excluding hydrogens is 390 g/mol. The van der Waals surface area contributed by atoms with Crippen LogP contribution in [-0.2, 0) is 15.2 Å². The first-order valence-corrected chi connectivity index (χ1v) is 10.0. The van der Waals surface area contributed by atoms with Gasteiger partial charge in [-0.2, -0.15) is 22.7 Å². The molecule has 3 atom stereocenters. The van der Waals surface area contributed by atoms with Gasteiger partial charge in [0.25, 0.3) is 0 Å². The van der Waals surface area contributed by atoms with Crippen LogP contribution < -0.4 is 10.0 Å². The number of aliphatic hydroxyl groups excluding tert-OH is 1. The van der Waals surface area contributed by atoms with Crippen molar-refractivity contribution in [2.45, 2.75) is 24.2 Å². The van der Waals surface area contributed by atoms with Crippen LogP contribution in [0.3, 0.4) is 0 Å². The van der Waals surface area contributed by atoms with Gasteiger partial charge >= 0.3 is 5.97 Å². The number of aliphatic hydroxyl groups is 2. The highest BCUT2D eigenvalue weighted by atomic mass is 32.1. The standard InChI is InChI=1S/C14H17NO2S2.C4H4O4/c1-15-7-12(16)6-13(15)14(17,10-2-4-18-8-10)11-3-5-19-9-11;5-3(6)1-2-4(7)8/h2-5,8-9,12-13,16-17H,6-7H2,1H3;1-2H,(H,5,6)(H,7,8)/b;2-1+. The predicted molar refractivity (Wildman–Crippen MR) is 99.6 cm³/mol. The average molecular weight is 412 g/mol. The molecule has 3 heterocycles. The lowest BCUT2D eigenvalue weighted by molar-refractivity contribution is -0.901. The highest BCUT2D eigenvalue weighted by molar-refractivity contribution is 7.08. The summed E-state index contributed by atoms with van der Waals surface area (Å²) in [5.74, 6) is -2.80. The van der Waals surface area contributed by atoms with E-state index < -0.39 is 17.5 Å². The van der Waals surface area contributed by atoms with E-state index in [4.69, 9.17) is 5.11 Å². The first-order valence-electron chi connectivity index (χ1n) is 8.15. The van der Waals surface area contributed by atoms with Crippen molar-refractivity contribution in [3.8, 4) is 0 Å². The number of carbonyl (C=O) groups is 2. The molecule has 0 bridgehead atoms. The second kappa shape index (κ2) is 9.25. The van der Waals surface area contributed by atoms with Crippen molar-refractivity contribution in [2.24, 2.45) is 0 Å². The van der Waals surface area contributed by atoms with Gasteiger partial charge in [-0.3, -0.25) is 0 Å². The molecule has 0 spiro atoms. The third-order valence-corrected chi connectivity index (χ3v) is 5.82. The summed E-state index contributed by atoms with van der Waals surface area (Å²) < 4.78 is 0. The van der Waals surface area contributed by atoms with Crippen LogP contribution in [0.15, 0.2) is 45.8 Å². The maximum Gasteiger partial charge on any atom is 0.328 e. The zero-order chi connectivity index (χ0) is 20.0. The lowest BCUT2D eigenvalue weighted by Gasteiger charge is -2.34. The van der Waals surface area contributed by atoms with E-state index in [9.17, 15) is 24.9 Å². The molecule has 9 heteroatoms. The number of aliphatic carboxylic acids is 2. The molecule has 7 nitrogen and oxygen atoms in total. The van der Waals surface area contributed by atoms with Crippen LogP contribution in [0.25, 0.3) is 0 Å². The molecule has 0 aliphatic carbocycles. The van der Waals surface area contributed by atoms with E-state index in [1.54, 1.807) is 22.7 Å². The van der Waals surface area contributed by atoms with Gasteiger partial charge in [0.1, 0.15) is 18.7 Å². The zero-order valence-electron chi connectivity index (χ0n) is 14.6. The lowest BCUT2D eigenvalue weighted by atomic mass is 9.81. The van der Waals surface area contributed by atoms with Crippen LogP contribution in [0.2, 0.25) is 0 Å². The van der Waals surface area contributed by atoms with Gasteiger partial charge in [-0.25, -0.2) is 4.79 Å². The molecule has 0 amide bonds. The molecule has 1 fully saturated rings. The first kappa shape index (κ1) is 21.3. The maximum absolute atomic E-state index is 11.4. The molecule has 2 aromatic rings. The van der Waals surface area contributed by atoms with E-state index in [-0.39, 0.29) is 12.1 Å². The number of carbonyl (C=O) groups excluding carboxylic acids is 1. The van der Waals surface area contributed by atoms with Gasteiger partial charge in [-0.1, -0.05) is 0 Å². The van der Waals surface area contributed by atoms with Crippen molar-refractivity contribution in [2.75, 3.05) is 13.6 Å². The third-order valence-electron chi connectivity index (χ3n) is 4.45. The Balaban J connectivity index is 0.000000279. The van der Waals surface area contributed by atoms with Crippen molar-refractivity contribution in [1.82, 2.24) is 0 Å². The topological polar surface area (TPSA) is 122 Å². The Kier molecular flexibility index (Phi) is 7.28. The summed E-state index contributed by atoms with van der Waals surface area (Å²) in [6.45, 7) is 0.696. The Hall–Kier alpha value is -2.04. The van der Waals surface area contributed by atoms with Crippen LogP contribution in [0.5, 0.6) is 0 Å². The predicted octanol–water partition coefficient (Wildman–Crippen LogP) is -0.929. The highest BCUT2D eigenvalue weighted by Gasteiger charge is 2.50. The number of likely N-dealkylation sites (N-methyl/N-ethyl adjacent to an activating group) is 1. The number of likely N-dealkylation sites (tertiary alicyclic amines) is 1. The number of quaternary nitrogens is 1. The smallest absolute Gasteiger partial charge is 0.328 e. The maximum atomic E-state index is 11.4. The molecule has 1 aliphatic rings. The van der Waals surface area contributed by atoms with Crippen molar-refractivity contribution < 1.29 is 34.9 Å². The van der Waals surface area contributed by atoms with Crippen LogP contribution in [0.4, 0.5) is 0 Å². The Bertz CT molecular complexity index is 722. The minimum absolute atomic E-state index is 0.00769. The molecule has 0 radical (unpaired) electrons. The molecule has 3 unspecified atom stereocenters. The van der Waals surface area contributed by atoms with Gasteiger partial charge in [0.05, 0.1) is 13.0 Å². The molecule has 27 heavy (non-hydrogen) atoms. The fourth-order valence-corrected chi connectivity index (χ4v) is 4.69. The molecular formula is C18H21NO6S2. The molecule has 146 valence electrons. The number of carboxylic acid groups (broad SMARTS) is 2. The van der Waals surface area contributed by atoms with Gasteiger partial charge in [0.2, 0.25) is 0 Å². The molecule has 2 aromatic heterocycles. The molecule has 0 aromatic carbocycles. The van der Waals surface area contributed by atoms with Crippen molar-refractivity contribution >= 4 is 34.6 Å². The highest BCUT2D eigenvalue weighted by Crippen LogP contribution is 2.37. The zero-order valence-corrected chi connectivity index (χ0v) is 16.2. The largest absolute Gasteiger partial charge is 0.545 e. The second-order valence-electron chi connectivity index (χ2n) is 6.27. The molecule has 0 saturated carbocycles. The number of hydrogen-bond acceptors (Lipinski definition) is 7. The van der Waals surface area contributed by atoms with E-state index in [0.29, 0.717) is 25.1 Å². The summed E-state index contributed by atoms with van der Waals surface area (Å²) in [5, 5.41) is 46.5. The summed E-state index contributed by atoms with van der Waals surface area (Å²) in [6.07, 6.45) is 1.25. The Labute approximate surface area is 164 Å². The van der Waals surface area contributed by atoms with Crippen molar-refractivity contribution in [3.63, 3.8) is 0 Å². The summed E-state index contributed by atoms with van der Waals surface area (Å²) in [5.41, 5.74) is 0.880. The Morgan fingerprint density at radius 1 is 1.22 bits per heavy atom. The van der Waals surface area contributed by atoms with Crippen molar-refractivity contribution in [3.05, 3.63) is 56.9 Å². The lowest BCUT2D eigenvalue weighted by Crippen LogP contribution is -3.13. The summed E-state index contributed by atoms with van der Waals surface area (Å²) in [4.78, 5) is 20.2. The molecule has 3 rings (SSSR count). The third kappa shape index (κ3) is 5.24. The summed E-state index contributed by atoms with van der Waals surface area (Å²) in [7, 11) is 2.05. The quantitative estimate of drug-likeness (QED) is 0.472.